The molecule has 0 aromatic heterocycles. The van der Waals surface area contributed by atoms with E-state index in [4.69, 9.17) is 0 Å². The number of carbonyl (C=O) groups is 3. The van der Waals surface area contributed by atoms with Crippen molar-refractivity contribution in [3.05, 3.63) is 0 Å². The summed E-state index contributed by atoms with van der Waals surface area (Å²) in [6, 6.07) is 0.470. The Kier molecular flexibility index (Phi) is 5.03. The second-order valence-electron chi connectivity index (χ2n) is 9.05. The minimum atomic E-state index is 0.0478. The molecule has 7 heteroatoms. The molecule has 0 N–H and O–H groups in total. The van der Waals surface area contributed by atoms with Crippen molar-refractivity contribution in [2.24, 2.45) is 17.8 Å². The molecule has 0 radical (unpaired) electrons. The van der Waals surface area contributed by atoms with Crippen LogP contribution in [0, 0.1) is 17.8 Å². The van der Waals surface area contributed by atoms with Gasteiger partial charge < -0.3 is 19.6 Å². The molecule has 4 fully saturated rings. The third kappa shape index (κ3) is 3.52. The highest BCUT2D eigenvalue weighted by Gasteiger charge is 2.45. The van der Waals surface area contributed by atoms with Crippen LogP contribution in [0.4, 0.5) is 4.79 Å². The van der Waals surface area contributed by atoms with E-state index >= 15 is 0 Å². The zero-order valence-electron chi connectivity index (χ0n) is 16.6. The fourth-order valence-corrected chi connectivity index (χ4v) is 5.65. The topological polar surface area (TPSA) is 64.2 Å². The molecule has 4 aliphatic rings. The summed E-state index contributed by atoms with van der Waals surface area (Å²) in [6.07, 6.45) is 5.44. The molecule has 4 rings (SSSR count). The van der Waals surface area contributed by atoms with Gasteiger partial charge >= 0.3 is 6.03 Å². The van der Waals surface area contributed by atoms with Crippen LogP contribution in [0.15, 0.2) is 0 Å². The van der Waals surface area contributed by atoms with Gasteiger partial charge in [-0.15, -0.1) is 0 Å². The number of piperidine rings is 4. The molecule has 3 atom stereocenters. The maximum Gasteiger partial charge on any atom is 0.320 e. The first-order valence-corrected chi connectivity index (χ1v) is 10.5. The van der Waals surface area contributed by atoms with Crippen LogP contribution in [0.25, 0.3) is 0 Å². The second-order valence-corrected chi connectivity index (χ2v) is 9.05. The molecule has 7 nitrogen and oxygen atoms in total. The monoisotopic (exact) mass is 376 g/mol. The fraction of sp³-hybridized carbons (Fsp3) is 0.850. The summed E-state index contributed by atoms with van der Waals surface area (Å²) < 4.78 is 0. The Balaban J connectivity index is 1.36. The Morgan fingerprint density at radius 2 is 1.74 bits per heavy atom. The minimum absolute atomic E-state index is 0.0478. The van der Waals surface area contributed by atoms with Gasteiger partial charge in [0.15, 0.2) is 0 Å². The van der Waals surface area contributed by atoms with Gasteiger partial charge in [-0.1, -0.05) is 0 Å². The Hall–Kier alpha value is -1.79. The van der Waals surface area contributed by atoms with Gasteiger partial charge in [0, 0.05) is 65.2 Å². The van der Waals surface area contributed by atoms with Gasteiger partial charge in [0.05, 0.1) is 0 Å². The summed E-state index contributed by atoms with van der Waals surface area (Å²) in [6.45, 7) is 3.71. The van der Waals surface area contributed by atoms with E-state index in [0.29, 0.717) is 43.3 Å². The van der Waals surface area contributed by atoms with Crippen LogP contribution in [0.5, 0.6) is 0 Å². The first kappa shape index (κ1) is 18.6. The number of carbonyl (C=O) groups excluding carboxylic acids is 3. The zero-order valence-corrected chi connectivity index (χ0v) is 16.6. The summed E-state index contributed by atoms with van der Waals surface area (Å²) in [5, 5.41) is 0. The lowest BCUT2D eigenvalue weighted by Crippen LogP contribution is -2.62. The molecule has 0 aromatic rings. The van der Waals surface area contributed by atoms with Crippen molar-refractivity contribution in [2.45, 2.75) is 44.6 Å². The number of fused-ring (bicyclic) bond motifs is 4. The van der Waals surface area contributed by atoms with Gasteiger partial charge in [-0.25, -0.2) is 4.79 Å². The number of rotatable bonds is 1. The number of nitrogens with zero attached hydrogens (tertiary/aromatic N) is 4. The van der Waals surface area contributed by atoms with Crippen LogP contribution in [-0.2, 0) is 9.59 Å². The Labute approximate surface area is 161 Å². The lowest BCUT2D eigenvalue weighted by Gasteiger charge is -2.53. The average molecular weight is 377 g/mol. The van der Waals surface area contributed by atoms with Crippen molar-refractivity contribution >= 4 is 17.8 Å². The largest absolute Gasteiger partial charge is 0.349 e. The number of amides is 4. The predicted octanol–water partition coefficient (Wildman–Crippen LogP) is 1.24. The molecule has 0 saturated carbocycles. The fourth-order valence-electron chi connectivity index (χ4n) is 5.65. The Bertz CT molecular complexity index is 614. The van der Waals surface area contributed by atoms with Crippen molar-refractivity contribution in [3.63, 3.8) is 0 Å². The van der Waals surface area contributed by atoms with Crippen LogP contribution in [0.1, 0.15) is 38.5 Å². The molecule has 4 heterocycles. The highest BCUT2D eigenvalue weighted by molar-refractivity contribution is 5.80. The van der Waals surface area contributed by atoms with Gasteiger partial charge in [0.2, 0.25) is 11.8 Å². The number of urea groups is 1. The third-order valence-electron chi connectivity index (χ3n) is 7.01. The van der Waals surface area contributed by atoms with Crippen LogP contribution in [-0.4, -0.2) is 90.3 Å². The lowest BCUT2D eigenvalue weighted by molar-refractivity contribution is -0.144. The average Bonchev–Trinajstić information content (AvgIpc) is 2.67. The predicted molar refractivity (Wildman–Crippen MR) is 101 cm³/mol. The molecule has 4 amide bonds. The zero-order chi connectivity index (χ0) is 19.1. The third-order valence-corrected chi connectivity index (χ3v) is 7.01. The molecule has 4 aliphatic heterocycles. The van der Waals surface area contributed by atoms with Gasteiger partial charge in [0.25, 0.3) is 0 Å². The summed E-state index contributed by atoms with van der Waals surface area (Å²) in [5.41, 5.74) is 0. The van der Waals surface area contributed by atoms with Gasteiger partial charge in [-0.05, 0) is 43.9 Å². The van der Waals surface area contributed by atoms with E-state index in [1.54, 1.807) is 19.0 Å². The van der Waals surface area contributed by atoms with Crippen molar-refractivity contribution < 1.29 is 14.4 Å². The molecular weight excluding hydrogens is 344 g/mol. The Morgan fingerprint density at radius 3 is 2.44 bits per heavy atom. The van der Waals surface area contributed by atoms with Crippen molar-refractivity contribution in [3.8, 4) is 0 Å². The van der Waals surface area contributed by atoms with Crippen LogP contribution >= 0.6 is 0 Å². The molecule has 2 bridgehead atoms. The maximum atomic E-state index is 13.1. The maximum absolute atomic E-state index is 13.1. The van der Waals surface area contributed by atoms with E-state index in [9.17, 15) is 14.4 Å². The number of hydrogen-bond donors (Lipinski definition) is 0. The summed E-state index contributed by atoms with van der Waals surface area (Å²) in [7, 11) is 3.59. The van der Waals surface area contributed by atoms with Gasteiger partial charge in [0.1, 0.15) is 0 Å². The number of likely N-dealkylation sites (tertiary alicyclic amines) is 2. The quantitative estimate of drug-likeness (QED) is 0.692. The minimum Gasteiger partial charge on any atom is -0.349 e. The van der Waals surface area contributed by atoms with E-state index in [0.717, 1.165) is 51.7 Å². The van der Waals surface area contributed by atoms with Crippen LogP contribution in [0.3, 0.4) is 0 Å². The molecule has 0 aliphatic carbocycles. The molecule has 0 aromatic carbocycles. The van der Waals surface area contributed by atoms with Crippen LogP contribution in [0.2, 0.25) is 0 Å². The van der Waals surface area contributed by atoms with Gasteiger partial charge in [-0.2, -0.15) is 0 Å². The van der Waals surface area contributed by atoms with Crippen molar-refractivity contribution in [1.29, 1.82) is 0 Å². The van der Waals surface area contributed by atoms with E-state index < -0.39 is 0 Å². The first-order valence-electron chi connectivity index (χ1n) is 10.5. The smallest absolute Gasteiger partial charge is 0.320 e. The standard InChI is InChI=1S/C20H32N4O3/c1-21(2)19(26)15-6-8-22(9-7-15)20(27)23-11-14-10-16(13-23)17-4-3-5-18(25)24(17)12-14/h14-17H,3-13H2,1-2H3/t14-,16-,17-/m1/s1. The van der Waals surface area contributed by atoms with Crippen molar-refractivity contribution in [2.75, 3.05) is 46.8 Å². The van der Waals surface area contributed by atoms with Gasteiger partial charge in [-0.3, -0.25) is 9.59 Å². The summed E-state index contributed by atoms with van der Waals surface area (Å²) >= 11 is 0. The SMILES string of the molecule is CN(C)C(=O)C1CCN(C(=O)N2C[C@H]3C[C@H](C2)[C@H]2CCCC(=O)N2C3)CC1. The second kappa shape index (κ2) is 7.32. The van der Waals surface area contributed by atoms with E-state index in [2.05, 4.69) is 4.90 Å². The Morgan fingerprint density at radius 1 is 1.00 bits per heavy atom. The van der Waals surface area contributed by atoms with Crippen molar-refractivity contribution in [1.82, 2.24) is 19.6 Å². The molecule has 27 heavy (non-hydrogen) atoms. The highest BCUT2D eigenvalue weighted by Crippen LogP contribution is 2.38. The number of hydrogen-bond acceptors (Lipinski definition) is 3. The normalized spacial score (nSPS) is 31.6. The molecule has 0 spiro atoms. The molecule has 0 unspecified atom stereocenters. The first-order chi connectivity index (χ1) is 12.9. The molecule has 150 valence electrons. The van der Waals surface area contributed by atoms with E-state index in [1.807, 2.05) is 9.80 Å². The van der Waals surface area contributed by atoms with E-state index in [1.165, 1.54) is 0 Å². The summed E-state index contributed by atoms with van der Waals surface area (Å²) in [5.74, 6) is 1.38. The lowest BCUT2D eigenvalue weighted by atomic mass is 9.76. The van der Waals surface area contributed by atoms with E-state index in [-0.39, 0.29) is 17.9 Å². The highest BCUT2D eigenvalue weighted by atomic mass is 16.2. The van der Waals surface area contributed by atoms with Crippen LogP contribution < -0.4 is 0 Å². The molecule has 4 saturated heterocycles. The summed E-state index contributed by atoms with van der Waals surface area (Å²) in [4.78, 5) is 45.2. The molecular formula is C20H32N4O3.